The smallest absolute Gasteiger partial charge is 0.347 e. The fourth-order valence-corrected chi connectivity index (χ4v) is 2.67. The van der Waals surface area contributed by atoms with Crippen LogP contribution in [-0.2, 0) is 9.53 Å². The van der Waals surface area contributed by atoms with E-state index < -0.39 is 12.1 Å². The Morgan fingerprint density at radius 1 is 1.15 bits per heavy atom. The number of nitrogens with zero attached hydrogens (tertiary/aromatic N) is 2. The van der Waals surface area contributed by atoms with Gasteiger partial charge in [0.2, 0.25) is 5.95 Å². The van der Waals surface area contributed by atoms with E-state index in [0.717, 1.165) is 16.5 Å². The molecule has 0 bridgehead atoms. The molecule has 0 amide bonds. The molecule has 0 aliphatic heterocycles. The molecule has 8 heteroatoms. The molecule has 0 saturated heterocycles. The number of anilines is 2. The number of hydrogen-bond donors (Lipinski definition) is 3. The van der Waals surface area contributed by atoms with Crippen LogP contribution < -0.4 is 21.7 Å². The maximum atomic E-state index is 11.7. The second kappa shape index (κ2) is 7.88. The van der Waals surface area contributed by atoms with E-state index in [2.05, 4.69) is 15.4 Å². The molecule has 1 aromatic heterocycles. The van der Waals surface area contributed by atoms with Crippen LogP contribution in [0.2, 0.25) is 0 Å². The van der Waals surface area contributed by atoms with Crippen molar-refractivity contribution in [3.8, 4) is 16.9 Å². The normalized spacial score (nSPS) is 11.8. The number of esters is 1. The van der Waals surface area contributed by atoms with Gasteiger partial charge in [0.25, 0.3) is 0 Å². The first kappa shape index (κ1) is 18.4. The summed E-state index contributed by atoms with van der Waals surface area (Å²) in [6, 6.07) is 13.1. The number of hydrogen-bond acceptors (Lipinski definition) is 8. The monoisotopic (exact) mass is 367 g/mol. The lowest BCUT2D eigenvalue weighted by Gasteiger charge is -2.14. The van der Waals surface area contributed by atoms with Gasteiger partial charge in [-0.25, -0.2) is 15.6 Å². The fourth-order valence-electron chi connectivity index (χ4n) is 2.67. The molecule has 1 atom stereocenters. The van der Waals surface area contributed by atoms with Crippen molar-refractivity contribution in [2.24, 2.45) is 5.84 Å². The number of nitrogen functional groups attached to an aromatic ring is 2. The van der Waals surface area contributed by atoms with Gasteiger partial charge >= 0.3 is 5.97 Å². The Balaban J connectivity index is 1.84. The summed E-state index contributed by atoms with van der Waals surface area (Å²) in [6.07, 6.45) is -0.669. The molecule has 2 aromatic carbocycles. The van der Waals surface area contributed by atoms with Crippen LogP contribution in [0.25, 0.3) is 22.0 Å². The lowest BCUT2D eigenvalue weighted by atomic mass is 10.0. The molecule has 0 aliphatic carbocycles. The third-order valence-electron chi connectivity index (χ3n) is 3.97. The van der Waals surface area contributed by atoms with Crippen LogP contribution >= 0.6 is 0 Å². The number of carbonyl (C=O) groups excluding carboxylic acids is 1. The number of aromatic nitrogens is 2. The van der Waals surface area contributed by atoms with E-state index in [9.17, 15) is 4.79 Å². The number of rotatable bonds is 6. The Labute approximate surface area is 156 Å². The summed E-state index contributed by atoms with van der Waals surface area (Å²) in [4.78, 5) is 20.0. The van der Waals surface area contributed by atoms with Gasteiger partial charge in [0.05, 0.1) is 12.1 Å². The van der Waals surface area contributed by atoms with E-state index in [1.165, 1.54) is 0 Å². The van der Waals surface area contributed by atoms with Crippen LogP contribution in [0.15, 0.2) is 42.5 Å². The minimum atomic E-state index is -0.669. The maximum absolute atomic E-state index is 11.7. The second-order valence-corrected chi connectivity index (χ2v) is 5.84. The van der Waals surface area contributed by atoms with Gasteiger partial charge in [0.1, 0.15) is 5.75 Å². The van der Waals surface area contributed by atoms with Crippen LogP contribution in [0.1, 0.15) is 13.8 Å². The molecule has 8 nitrogen and oxygen atoms in total. The first-order chi connectivity index (χ1) is 13.0. The highest BCUT2D eigenvalue weighted by molar-refractivity contribution is 5.93. The van der Waals surface area contributed by atoms with Gasteiger partial charge in [-0.15, -0.1) is 0 Å². The Morgan fingerprint density at radius 2 is 1.85 bits per heavy atom. The molecule has 1 heterocycles. The standard InChI is InChI=1S/C19H21N5O3/c1-3-26-18(25)11(2)27-14-7-4-12(5-8-14)13-6-9-16-15(10-13)17(24-21)23-19(20)22-16/h4-11H,3,21H2,1-2H3,(H3,20,22,23,24). The molecular weight excluding hydrogens is 346 g/mol. The van der Waals surface area contributed by atoms with Crippen LogP contribution in [-0.4, -0.2) is 28.6 Å². The molecule has 0 aliphatic rings. The Morgan fingerprint density at radius 3 is 2.52 bits per heavy atom. The Bertz CT molecular complexity index is 959. The second-order valence-electron chi connectivity index (χ2n) is 5.84. The third-order valence-corrected chi connectivity index (χ3v) is 3.97. The molecule has 0 radical (unpaired) electrons. The van der Waals surface area contributed by atoms with Crippen LogP contribution in [0, 0.1) is 0 Å². The average Bonchev–Trinajstić information content (AvgIpc) is 2.67. The highest BCUT2D eigenvalue weighted by atomic mass is 16.6. The molecule has 0 spiro atoms. The fraction of sp³-hybridized carbons (Fsp3) is 0.211. The molecule has 27 heavy (non-hydrogen) atoms. The third kappa shape index (κ3) is 4.06. The minimum Gasteiger partial charge on any atom is -0.479 e. The van der Waals surface area contributed by atoms with E-state index in [1.54, 1.807) is 26.0 Å². The zero-order valence-electron chi connectivity index (χ0n) is 15.1. The van der Waals surface area contributed by atoms with Crippen molar-refractivity contribution in [2.45, 2.75) is 20.0 Å². The summed E-state index contributed by atoms with van der Waals surface area (Å²) >= 11 is 0. The van der Waals surface area contributed by atoms with Crippen LogP contribution in [0.3, 0.4) is 0 Å². The van der Waals surface area contributed by atoms with Gasteiger partial charge in [0.15, 0.2) is 11.9 Å². The molecular formula is C19H21N5O3. The van der Waals surface area contributed by atoms with Crippen molar-refractivity contribution in [2.75, 3.05) is 17.8 Å². The van der Waals surface area contributed by atoms with Crippen molar-refractivity contribution >= 4 is 28.6 Å². The number of benzene rings is 2. The molecule has 0 saturated carbocycles. The minimum absolute atomic E-state index is 0.153. The van der Waals surface area contributed by atoms with E-state index in [1.807, 2.05) is 30.3 Å². The molecule has 5 N–H and O–H groups in total. The predicted molar refractivity (Wildman–Crippen MR) is 104 cm³/mol. The van der Waals surface area contributed by atoms with Crippen molar-refractivity contribution in [3.05, 3.63) is 42.5 Å². The van der Waals surface area contributed by atoms with E-state index in [0.29, 0.717) is 23.7 Å². The Kier molecular flexibility index (Phi) is 5.37. The first-order valence-electron chi connectivity index (χ1n) is 8.49. The largest absolute Gasteiger partial charge is 0.479 e. The molecule has 1 unspecified atom stereocenters. The van der Waals surface area contributed by atoms with E-state index in [4.69, 9.17) is 21.1 Å². The van der Waals surface area contributed by atoms with Gasteiger partial charge in [-0.2, -0.15) is 4.98 Å². The van der Waals surface area contributed by atoms with Gasteiger partial charge in [-0.3, -0.25) is 0 Å². The number of hydrazine groups is 1. The summed E-state index contributed by atoms with van der Waals surface area (Å²) in [7, 11) is 0. The van der Waals surface area contributed by atoms with Gasteiger partial charge < -0.3 is 20.6 Å². The lowest BCUT2D eigenvalue weighted by molar-refractivity contribution is -0.150. The zero-order valence-corrected chi connectivity index (χ0v) is 15.1. The Hall–Kier alpha value is -3.39. The highest BCUT2D eigenvalue weighted by Gasteiger charge is 2.15. The van der Waals surface area contributed by atoms with Gasteiger partial charge in [-0.05, 0) is 49.2 Å². The van der Waals surface area contributed by atoms with Gasteiger partial charge in [-0.1, -0.05) is 18.2 Å². The van der Waals surface area contributed by atoms with Crippen molar-refractivity contribution in [1.29, 1.82) is 0 Å². The quantitative estimate of drug-likeness (QED) is 0.345. The zero-order chi connectivity index (χ0) is 19.4. The summed E-state index contributed by atoms with van der Waals surface area (Å²) in [5.41, 5.74) is 10.8. The number of carbonyl (C=O) groups is 1. The van der Waals surface area contributed by atoms with E-state index in [-0.39, 0.29) is 5.95 Å². The maximum Gasteiger partial charge on any atom is 0.347 e. The highest BCUT2D eigenvalue weighted by Crippen LogP contribution is 2.28. The van der Waals surface area contributed by atoms with Crippen LogP contribution in [0.5, 0.6) is 5.75 Å². The topological polar surface area (TPSA) is 125 Å². The number of nitrogens with one attached hydrogen (secondary N) is 1. The number of nitrogens with two attached hydrogens (primary N) is 2. The first-order valence-corrected chi connectivity index (χ1v) is 8.49. The molecule has 3 rings (SSSR count). The summed E-state index contributed by atoms with van der Waals surface area (Å²) in [5.74, 6) is 6.34. The number of fused-ring (bicyclic) bond motifs is 1. The van der Waals surface area contributed by atoms with Crippen LogP contribution in [0.4, 0.5) is 11.8 Å². The molecule has 3 aromatic rings. The average molecular weight is 367 g/mol. The molecule has 0 fully saturated rings. The summed E-state index contributed by atoms with van der Waals surface area (Å²) in [5, 5.41) is 0.764. The van der Waals surface area contributed by atoms with Crippen molar-refractivity contribution in [3.63, 3.8) is 0 Å². The van der Waals surface area contributed by atoms with Crippen molar-refractivity contribution in [1.82, 2.24) is 9.97 Å². The summed E-state index contributed by atoms with van der Waals surface area (Å²) in [6.45, 7) is 3.73. The van der Waals surface area contributed by atoms with E-state index >= 15 is 0 Å². The predicted octanol–water partition coefficient (Wildman–Crippen LogP) is 2.50. The number of ether oxygens (including phenoxy) is 2. The lowest BCUT2D eigenvalue weighted by Crippen LogP contribution is -2.25. The molecule has 140 valence electrons. The van der Waals surface area contributed by atoms with Crippen molar-refractivity contribution < 1.29 is 14.3 Å². The SMILES string of the molecule is CCOC(=O)C(C)Oc1ccc(-c2ccc3nc(N)nc(NN)c3c2)cc1. The van der Waals surface area contributed by atoms with Gasteiger partial charge in [0, 0.05) is 5.39 Å². The summed E-state index contributed by atoms with van der Waals surface area (Å²) < 4.78 is 10.5.